The van der Waals surface area contributed by atoms with Gasteiger partial charge in [-0.2, -0.15) is 0 Å². The summed E-state index contributed by atoms with van der Waals surface area (Å²) in [5.74, 6) is 0.693. The summed E-state index contributed by atoms with van der Waals surface area (Å²) in [6.07, 6.45) is 0. The Kier molecular flexibility index (Phi) is 8.06. The van der Waals surface area contributed by atoms with Crippen LogP contribution in [0.4, 0.5) is 0 Å². The Balaban J connectivity index is 3.26. The predicted octanol–water partition coefficient (Wildman–Crippen LogP) is 2.63. The third-order valence-corrected chi connectivity index (χ3v) is 6.41. The van der Waals surface area contributed by atoms with E-state index in [1.807, 2.05) is 39.8 Å². The molecule has 0 atom stereocenters. The molecule has 1 rings (SSSR count). The van der Waals surface area contributed by atoms with E-state index in [-0.39, 0.29) is 6.61 Å². The average molecular weight is 328 g/mol. The molecule has 126 valence electrons. The lowest BCUT2D eigenvalue weighted by atomic mass is 10.0. The van der Waals surface area contributed by atoms with Crippen LogP contribution in [0.1, 0.15) is 37.5 Å². The lowest BCUT2D eigenvalue weighted by Gasteiger charge is -2.30. The van der Waals surface area contributed by atoms with Crippen molar-refractivity contribution >= 4 is 8.80 Å². The first-order valence-corrected chi connectivity index (χ1v) is 9.68. The van der Waals surface area contributed by atoms with Crippen LogP contribution in [0.25, 0.3) is 0 Å². The first-order chi connectivity index (χ1) is 10.6. The third kappa shape index (κ3) is 4.53. The van der Waals surface area contributed by atoms with Crippen molar-refractivity contribution in [3.63, 3.8) is 0 Å². The third-order valence-electron chi connectivity index (χ3n) is 3.44. The number of hydrogen-bond acceptors (Lipinski definition) is 5. The SMILES string of the molecule is CCO[Si](Cc1c(C)ccc(CO)c1OC)(OCC)OCC. The second-order valence-electron chi connectivity index (χ2n) is 4.87. The van der Waals surface area contributed by atoms with Gasteiger partial charge in [-0.3, -0.25) is 0 Å². The minimum absolute atomic E-state index is 0.0666. The molecule has 0 unspecified atom stereocenters. The largest absolute Gasteiger partial charge is 0.505 e. The van der Waals surface area contributed by atoms with Crippen molar-refractivity contribution in [3.05, 3.63) is 28.8 Å². The average Bonchev–Trinajstić information content (AvgIpc) is 2.50. The zero-order valence-corrected chi connectivity index (χ0v) is 15.3. The molecule has 0 radical (unpaired) electrons. The molecule has 0 saturated heterocycles. The maximum absolute atomic E-state index is 9.51. The van der Waals surface area contributed by atoms with Crippen LogP contribution in [0.15, 0.2) is 12.1 Å². The highest BCUT2D eigenvalue weighted by Crippen LogP contribution is 2.31. The number of aliphatic hydroxyl groups is 1. The van der Waals surface area contributed by atoms with Crippen molar-refractivity contribution in [2.45, 2.75) is 40.3 Å². The molecule has 0 fully saturated rings. The van der Waals surface area contributed by atoms with Gasteiger partial charge in [0.05, 0.1) is 13.7 Å². The van der Waals surface area contributed by atoms with Gasteiger partial charge in [-0.25, -0.2) is 0 Å². The van der Waals surface area contributed by atoms with Gasteiger partial charge in [0.2, 0.25) is 0 Å². The van der Waals surface area contributed by atoms with Crippen LogP contribution < -0.4 is 4.74 Å². The molecule has 0 aliphatic rings. The van der Waals surface area contributed by atoms with E-state index in [4.69, 9.17) is 18.0 Å². The lowest BCUT2D eigenvalue weighted by Crippen LogP contribution is -2.49. The fraction of sp³-hybridized carbons (Fsp3) is 0.625. The molecular formula is C16H28O5Si. The Morgan fingerprint density at radius 2 is 1.55 bits per heavy atom. The minimum atomic E-state index is -2.81. The summed E-state index contributed by atoms with van der Waals surface area (Å²) in [6.45, 7) is 9.37. The molecule has 0 aromatic heterocycles. The summed E-state index contributed by atoms with van der Waals surface area (Å²) in [5, 5.41) is 9.51. The number of benzene rings is 1. The highest BCUT2D eigenvalue weighted by Gasteiger charge is 2.42. The topological polar surface area (TPSA) is 57.2 Å². The molecule has 0 heterocycles. The van der Waals surface area contributed by atoms with Crippen molar-refractivity contribution in [2.24, 2.45) is 0 Å². The number of hydrogen-bond donors (Lipinski definition) is 1. The van der Waals surface area contributed by atoms with Gasteiger partial charge in [-0.05, 0) is 33.3 Å². The monoisotopic (exact) mass is 328 g/mol. The second kappa shape index (κ2) is 9.27. The van der Waals surface area contributed by atoms with E-state index in [1.54, 1.807) is 7.11 Å². The first kappa shape index (κ1) is 19.1. The maximum Gasteiger partial charge on any atom is 0.505 e. The van der Waals surface area contributed by atoms with E-state index in [0.717, 1.165) is 16.7 Å². The number of aliphatic hydroxyl groups excluding tert-OH is 1. The Labute approximate surface area is 134 Å². The normalized spacial score (nSPS) is 11.7. The van der Waals surface area contributed by atoms with Crippen molar-refractivity contribution in [3.8, 4) is 5.75 Å². The van der Waals surface area contributed by atoms with E-state index < -0.39 is 8.80 Å². The van der Waals surface area contributed by atoms with Crippen LogP contribution in [0.5, 0.6) is 5.75 Å². The predicted molar refractivity (Wildman–Crippen MR) is 88.0 cm³/mol. The number of methoxy groups -OCH3 is 1. The molecular weight excluding hydrogens is 300 g/mol. The van der Waals surface area contributed by atoms with Crippen LogP contribution in [-0.2, 0) is 25.9 Å². The van der Waals surface area contributed by atoms with Crippen LogP contribution in [0.3, 0.4) is 0 Å². The summed E-state index contributed by atoms with van der Waals surface area (Å²) in [4.78, 5) is 0. The second-order valence-corrected chi connectivity index (χ2v) is 7.46. The molecule has 0 aliphatic heterocycles. The zero-order valence-electron chi connectivity index (χ0n) is 14.3. The lowest BCUT2D eigenvalue weighted by molar-refractivity contribution is 0.0701. The number of aryl methyl sites for hydroxylation is 1. The van der Waals surface area contributed by atoms with E-state index in [9.17, 15) is 5.11 Å². The van der Waals surface area contributed by atoms with E-state index in [1.165, 1.54) is 0 Å². The molecule has 0 saturated carbocycles. The van der Waals surface area contributed by atoms with Crippen molar-refractivity contribution < 1.29 is 23.1 Å². The van der Waals surface area contributed by atoms with Crippen LogP contribution in [0.2, 0.25) is 0 Å². The van der Waals surface area contributed by atoms with Gasteiger partial charge in [0, 0.05) is 37.0 Å². The van der Waals surface area contributed by atoms with Crippen LogP contribution in [0, 0.1) is 6.92 Å². The van der Waals surface area contributed by atoms with Crippen molar-refractivity contribution in [1.29, 1.82) is 0 Å². The summed E-state index contributed by atoms with van der Waals surface area (Å²) in [6, 6.07) is 4.39. The number of rotatable bonds is 10. The zero-order chi connectivity index (χ0) is 16.6. The Bertz CT molecular complexity index is 447. The van der Waals surface area contributed by atoms with Crippen molar-refractivity contribution in [2.75, 3.05) is 26.9 Å². The van der Waals surface area contributed by atoms with E-state index >= 15 is 0 Å². The molecule has 1 aromatic carbocycles. The van der Waals surface area contributed by atoms with E-state index in [2.05, 4.69) is 0 Å². The van der Waals surface area contributed by atoms with Gasteiger partial charge in [0.15, 0.2) is 0 Å². The number of ether oxygens (including phenoxy) is 1. The van der Waals surface area contributed by atoms with Gasteiger partial charge in [0.25, 0.3) is 0 Å². The fourth-order valence-electron chi connectivity index (χ4n) is 2.53. The van der Waals surface area contributed by atoms with Crippen LogP contribution >= 0.6 is 0 Å². The summed E-state index contributed by atoms with van der Waals surface area (Å²) in [5.41, 5.74) is 2.82. The fourth-order valence-corrected chi connectivity index (χ4v) is 5.28. The smallest absolute Gasteiger partial charge is 0.496 e. The molecule has 6 heteroatoms. The Hall–Kier alpha value is -0.923. The molecule has 5 nitrogen and oxygen atoms in total. The van der Waals surface area contributed by atoms with Gasteiger partial charge < -0.3 is 23.1 Å². The highest BCUT2D eigenvalue weighted by molar-refractivity contribution is 6.60. The standard InChI is InChI=1S/C16H28O5Si/c1-6-19-22(20-7-2,21-8-3)12-15-13(4)9-10-14(11-17)16(15)18-5/h9-10,17H,6-8,11-12H2,1-5H3. The molecule has 0 aliphatic carbocycles. The molecule has 1 N–H and O–H groups in total. The van der Waals surface area contributed by atoms with E-state index in [0.29, 0.717) is 31.6 Å². The summed E-state index contributed by atoms with van der Waals surface area (Å²) in [7, 11) is -1.20. The Morgan fingerprint density at radius 1 is 1.00 bits per heavy atom. The Morgan fingerprint density at radius 3 is 1.95 bits per heavy atom. The van der Waals surface area contributed by atoms with Crippen molar-refractivity contribution in [1.82, 2.24) is 0 Å². The van der Waals surface area contributed by atoms with Gasteiger partial charge in [0.1, 0.15) is 5.75 Å². The minimum Gasteiger partial charge on any atom is -0.496 e. The first-order valence-electron chi connectivity index (χ1n) is 7.75. The quantitative estimate of drug-likeness (QED) is 0.669. The maximum atomic E-state index is 9.51. The molecule has 0 amide bonds. The van der Waals surface area contributed by atoms with Gasteiger partial charge in [-0.15, -0.1) is 0 Å². The molecule has 1 aromatic rings. The van der Waals surface area contributed by atoms with Gasteiger partial charge >= 0.3 is 8.80 Å². The highest BCUT2D eigenvalue weighted by atomic mass is 28.4. The molecule has 0 bridgehead atoms. The summed E-state index contributed by atoms with van der Waals surface area (Å²) < 4.78 is 23.3. The van der Waals surface area contributed by atoms with Crippen LogP contribution in [-0.4, -0.2) is 40.8 Å². The van der Waals surface area contributed by atoms with Gasteiger partial charge in [-0.1, -0.05) is 12.1 Å². The molecule has 22 heavy (non-hydrogen) atoms. The molecule has 0 spiro atoms. The summed E-state index contributed by atoms with van der Waals surface area (Å²) >= 11 is 0.